The second-order valence-corrected chi connectivity index (χ2v) is 5.83. The summed E-state index contributed by atoms with van der Waals surface area (Å²) in [6.45, 7) is -0.288. The van der Waals surface area contributed by atoms with Crippen molar-refractivity contribution in [2.45, 2.75) is 25.7 Å². The van der Waals surface area contributed by atoms with Gasteiger partial charge in [0.25, 0.3) is 0 Å². The van der Waals surface area contributed by atoms with E-state index in [1.54, 1.807) is 0 Å². The fraction of sp³-hybridized carbons (Fsp3) is 0.263. The van der Waals surface area contributed by atoms with Crippen LogP contribution in [0.1, 0.15) is 27.8 Å². The first-order chi connectivity index (χ1) is 11.1. The summed E-state index contributed by atoms with van der Waals surface area (Å²) in [6, 6.07) is 12.6. The number of aryl methyl sites for hydroxylation is 4. The maximum Gasteiger partial charge on any atom is 0.325 e. The molecule has 4 nitrogen and oxygen atoms in total. The molecule has 0 aromatic heterocycles. The molecule has 2 aromatic rings. The van der Waals surface area contributed by atoms with Crippen molar-refractivity contribution < 1.29 is 32.1 Å². The normalized spacial score (nSPS) is 13.3. The quantitative estimate of drug-likeness (QED) is 0.643. The molecule has 4 aliphatic carbocycles. The Balaban J connectivity index is 0.00000208. The van der Waals surface area contributed by atoms with Crippen LogP contribution in [0, 0.1) is 0 Å². The number of aliphatic imine (C=N–C) groups is 1. The summed E-state index contributed by atoms with van der Waals surface area (Å²) in [4.78, 5) is 14.6. The van der Waals surface area contributed by atoms with Gasteiger partial charge in [-0.1, -0.05) is 36.4 Å². The molecule has 0 saturated carbocycles. The number of rotatable bonds is 3. The molecule has 2 N–H and O–H groups in total. The van der Waals surface area contributed by atoms with Gasteiger partial charge in [0.15, 0.2) is 0 Å². The summed E-state index contributed by atoms with van der Waals surface area (Å²) in [6.07, 6.45) is 4.75. The van der Waals surface area contributed by atoms with Crippen molar-refractivity contribution in [2.24, 2.45) is 4.99 Å². The first-order valence-corrected chi connectivity index (χ1v) is 7.76. The average Bonchev–Trinajstić information content (AvgIpc) is 2.52. The van der Waals surface area contributed by atoms with Gasteiger partial charge in [0.1, 0.15) is 12.3 Å². The van der Waals surface area contributed by atoms with Crippen molar-refractivity contribution in [3.05, 3.63) is 64.2 Å². The minimum atomic E-state index is -0.979. The molecule has 6 rings (SSSR count). The van der Waals surface area contributed by atoms with Crippen LogP contribution in [0.3, 0.4) is 0 Å². The predicted molar refractivity (Wildman–Crippen MR) is 89.5 cm³/mol. The molecule has 0 amide bonds. The number of aromatic hydroxyl groups is 1. The number of carboxylic acid groups (broad SMARTS) is 1. The fourth-order valence-electron chi connectivity index (χ4n) is 2.90. The number of phenols is 1. The van der Waals surface area contributed by atoms with E-state index in [1.807, 2.05) is 12.1 Å². The van der Waals surface area contributed by atoms with Crippen LogP contribution in [-0.4, -0.2) is 28.9 Å². The third-order valence-corrected chi connectivity index (χ3v) is 4.23. The van der Waals surface area contributed by atoms with E-state index in [1.165, 1.54) is 17.3 Å². The topological polar surface area (TPSA) is 69.9 Å². The molecule has 0 heterocycles. The molecule has 4 bridgehead atoms. The maximum absolute atomic E-state index is 10.6. The van der Waals surface area contributed by atoms with Crippen molar-refractivity contribution >= 4 is 12.2 Å². The third-order valence-electron chi connectivity index (χ3n) is 4.23. The number of carboxylic acids is 1. The van der Waals surface area contributed by atoms with Gasteiger partial charge in [0, 0.05) is 28.8 Å². The molecular weight excluding hydrogens is 354 g/mol. The van der Waals surface area contributed by atoms with Crippen molar-refractivity contribution in [3.63, 3.8) is 0 Å². The van der Waals surface area contributed by atoms with Gasteiger partial charge in [-0.15, -0.1) is 0 Å². The Morgan fingerprint density at radius 1 is 0.958 bits per heavy atom. The molecule has 0 saturated heterocycles. The van der Waals surface area contributed by atoms with Crippen molar-refractivity contribution in [1.82, 2.24) is 0 Å². The minimum Gasteiger partial charge on any atom is -0.507 e. The zero-order chi connectivity index (χ0) is 16.2. The Kier molecular flexibility index (Phi) is 6.18. The van der Waals surface area contributed by atoms with Crippen LogP contribution in [0.15, 0.2) is 41.4 Å². The van der Waals surface area contributed by atoms with Crippen LogP contribution < -0.4 is 0 Å². The van der Waals surface area contributed by atoms with Crippen LogP contribution in [0.25, 0.3) is 0 Å². The van der Waals surface area contributed by atoms with E-state index in [0.717, 1.165) is 36.8 Å². The van der Waals surface area contributed by atoms with E-state index in [0.29, 0.717) is 5.56 Å². The first kappa shape index (κ1) is 18.2. The maximum atomic E-state index is 10.6. The van der Waals surface area contributed by atoms with E-state index in [2.05, 4.69) is 29.3 Å². The van der Waals surface area contributed by atoms with E-state index in [-0.39, 0.29) is 29.4 Å². The Hall–Kier alpha value is -2.10. The Morgan fingerprint density at radius 3 is 2.08 bits per heavy atom. The van der Waals surface area contributed by atoms with E-state index < -0.39 is 5.97 Å². The zero-order valence-corrected chi connectivity index (χ0v) is 14.1. The van der Waals surface area contributed by atoms with Gasteiger partial charge in [0.2, 0.25) is 0 Å². The number of hydrogen-bond acceptors (Lipinski definition) is 3. The van der Waals surface area contributed by atoms with Gasteiger partial charge in [-0.2, -0.15) is 0 Å². The second kappa shape index (κ2) is 8.13. The predicted octanol–water partition coefficient (Wildman–Crippen LogP) is 2.78. The summed E-state index contributed by atoms with van der Waals surface area (Å²) in [5.41, 5.74) is 5.02. The zero-order valence-electron chi connectivity index (χ0n) is 13.1. The van der Waals surface area contributed by atoms with E-state index >= 15 is 0 Å². The van der Waals surface area contributed by atoms with E-state index in [4.69, 9.17) is 5.11 Å². The Morgan fingerprint density at radius 2 is 1.50 bits per heavy atom. The van der Waals surface area contributed by atoms with Gasteiger partial charge in [-0.25, -0.2) is 0 Å². The molecule has 129 valence electrons. The summed E-state index contributed by atoms with van der Waals surface area (Å²) < 4.78 is 0. The smallest absolute Gasteiger partial charge is 0.325 e. The number of phenolic OH excluding ortho intramolecular Hbond substituents is 1. The van der Waals surface area contributed by atoms with Crippen LogP contribution in [0.5, 0.6) is 5.75 Å². The summed E-state index contributed by atoms with van der Waals surface area (Å²) >= 11 is 0. The largest absolute Gasteiger partial charge is 0.507 e. The molecular formula is C19H19CuNO3. The second-order valence-electron chi connectivity index (χ2n) is 5.83. The van der Waals surface area contributed by atoms with Crippen LogP contribution in [-0.2, 0) is 47.5 Å². The molecule has 5 heteroatoms. The van der Waals surface area contributed by atoms with Gasteiger partial charge < -0.3 is 10.2 Å². The van der Waals surface area contributed by atoms with Crippen molar-refractivity contribution in [2.75, 3.05) is 6.54 Å². The number of carbonyl (C=O) groups is 1. The molecule has 24 heavy (non-hydrogen) atoms. The number of nitrogens with zero attached hydrogens (tertiary/aromatic N) is 1. The van der Waals surface area contributed by atoms with Gasteiger partial charge >= 0.3 is 5.97 Å². The molecule has 0 aliphatic heterocycles. The number of hydrogen-bond donors (Lipinski definition) is 2. The Labute approximate surface area is 151 Å². The van der Waals surface area contributed by atoms with Crippen LogP contribution >= 0.6 is 0 Å². The summed E-state index contributed by atoms with van der Waals surface area (Å²) in [5.74, 6) is -0.751. The summed E-state index contributed by atoms with van der Waals surface area (Å²) in [5, 5.41) is 19.3. The average molecular weight is 373 g/mol. The SMILES string of the molecule is O=C(O)CN=Cc1c2ccc(c1O)CCc1ccc(cc1)CC2.[Cu]. The summed E-state index contributed by atoms with van der Waals surface area (Å²) in [7, 11) is 0. The monoisotopic (exact) mass is 372 g/mol. The van der Waals surface area contributed by atoms with Crippen LogP contribution in [0.2, 0.25) is 0 Å². The molecule has 1 radical (unpaired) electrons. The number of aliphatic carboxylic acids is 1. The first-order valence-electron chi connectivity index (χ1n) is 7.76. The van der Waals surface area contributed by atoms with Gasteiger partial charge in [-0.05, 0) is 47.9 Å². The fourth-order valence-corrected chi connectivity index (χ4v) is 2.90. The third kappa shape index (κ3) is 4.25. The van der Waals surface area contributed by atoms with E-state index in [9.17, 15) is 9.90 Å². The molecule has 0 atom stereocenters. The molecule has 2 aromatic carbocycles. The Bertz CT molecular complexity index is 754. The van der Waals surface area contributed by atoms with Crippen LogP contribution in [0.4, 0.5) is 0 Å². The molecule has 0 fully saturated rings. The number of benzene rings is 2. The molecule has 4 aliphatic rings. The molecule has 0 spiro atoms. The van der Waals surface area contributed by atoms with Gasteiger partial charge in [0.05, 0.1) is 0 Å². The molecule has 0 unspecified atom stereocenters. The standard InChI is InChI=1S/C19H19NO3.Cu/c21-18(22)12-20-11-17-15-7-5-13-1-3-14(4-2-13)6-8-16(10-9-15)19(17)23;/h1-4,9-11,23H,5-8,12H2,(H,21,22);. The van der Waals surface area contributed by atoms with Crippen molar-refractivity contribution in [1.29, 1.82) is 0 Å². The van der Waals surface area contributed by atoms with Crippen molar-refractivity contribution in [3.8, 4) is 5.75 Å². The van der Waals surface area contributed by atoms with Gasteiger partial charge in [-0.3, -0.25) is 9.79 Å². The minimum absolute atomic E-state index is 0.